The molecule has 0 aliphatic rings. The third-order valence-corrected chi connectivity index (χ3v) is 9.25. The van der Waals surface area contributed by atoms with Crippen LogP contribution in [-0.4, -0.2) is 23.1 Å². The van der Waals surface area contributed by atoms with E-state index in [1.165, 1.54) is 89.9 Å². The summed E-state index contributed by atoms with van der Waals surface area (Å²) in [6.07, 6.45) is 56.7. The summed E-state index contributed by atoms with van der Waals surface area (Å²) >= 11 is 0. The molecule has 0 spiro atoms. The lowest BCUT2D eigenvalue weighted by molar-refractivity contribution is -0.150. The largest absolute Gasteiger partial charge is 0.481 e. The van der Waals surface area contributed by atoms with Crippen LogP contribution in [0, 0.1) is 0 Å². The van der Waals surface area contributed by atoms with Crippen LogP contribution in [0.2, 0.25) is 0 Å². The van der Waals surface area contributed by atoms with Crippen molar-refractivity contribution < 1.29 is 19.4 Å². The molecule has 0 radical (unpaired) electrons. The van der Waals surface area contributed by atoms with Gasteiger partial charge in [0, 0.05) is 12.8 Å². The average molecular weight is 697 g/mol. The Morgan fingerprint density at radius 1 is 0.460 bits per heavy atom. The summed E-state index contributed by atoms with van der Waals surface area (Å²) in [7, 11) is 0. The second-order valence-corrected chi connectivity index (χ2v) is 14.2. The lowest BCUT2D eigenvalue weighted by atomic mass is 10.0. The monoisotopic (exact) mass is 697 g/mol. The van der Waals surface area contributed by atoms with Crippen molar-refractivity contribution >= 4 is 11.9 Å². The maximum Gasteiger partial charge on any atom is 0.306 e. The van der Waals surface area contributed by atoms with E-state index in [9.17, 15) is 9.59 Å². The molecule has 0 saturated heterocycles. The quantitative estimate of drug-likeness (QED) is 0.0396. The van der Waals surface area contributed by atoms with Crippen molar-refractivity contribution in [1.29, 1.82) is 0 Å². The number of aliphatic carboxylic acids is 1. The molecular weight excluding hydrogens is 617 g/mol. The van der Waals surface area contributed by atoms with E-state index >= 15 is 0 Å². The molecule has 0 aromatic heterocycles. The molecule has 4 heteroatoms. The zero-order valence-corrected chi connectivity index (χ0v) is 32.9. The van der Waals surface area contributed by atoms with E-state index in [0.717, 1.165) is 96.3 Å². The van der Waals surface area contributed by atoms with E-state index in [-0.39, 0.29) is 18.5 Å². The summed E-state index contributed by atoms with van der Waals surface area (Å²) in [4.78, 5) is 23.4. The fourth-order valence-corrected chi connectivity index (χ4v) is 6.15. The van der Waals surface area contributed by atoms with Gasteiger partial charge in [0.15, 0.2) is 0 Å². The normalized spacial score (nSPS) is 12.8. The Hall–Kier alpha value is -2.36. The fraction of sp³-hybridized carbons (Fsp3) is 0.739. The highest BCUT2D eigenvalue weighted by Gasteiger charge is 2.14. The van der Waals surface area contributed by atoms with E-state index in [2.05, 4.69) is 74.6 Å². The summed E-state index contributed by atoms with van der Waals surface area (Å²) < 4.78 is 6.03. The topological polar surface area (TPSA) is 63.6 Å². The highest BCUT2D eigenvalue weighted by molar-refractivity contribution is 5.69. The van der Waals surface area contributed by atoms with Gasteiger partial charge in [-0.2, -0.15) is 0 Å². The van der Waals surface area contributed by atoms with E-state index in [1.54, 1.807) is 0 Å². The number of allylic oxidation sites excluding steroid dienone is 10. The zero-order chi connectivity index (χ0) is 36.4. The SMILES string of the molecule is CC/C=C\C/C=C\C/C=C\C/C=C\C/C=C\CCCCCCCC(=O)OC(CCCCCCCCCCC)CCCCCCCCCC(=O)O. The van der Waals surface area contributed by atoms with Crippen molar-refractivity contribution in [2.45, 2.75) is 219 Å². The Morgan fingerprint density at radius 2 is 0.840 bits per heavy atom. The van der Waals surface area contributed by atoms with E-state index in [0.29, 0.717) is 6.42 Å². The number of hydrogen-bond donors (Lipinski definition) is 1. The number of rotatable bonds is 38. The summed E-state index contributed by atoms with van der Waals surface area (Å²) in [5, 5.41) is 8.77. The predicted molar refractivity (Wildman–Crippen MR) is 218 cm³/mol. The summed E-state index contributed by atoms with van der Waals surface area (Å²) in [6, 6.07) is 0. The first-order valence-corrected chi connectivity index (χ1v) is 21.3. The van der Waals surface area contributed by atoms with Crippen molar-refractivity contribution in [3.8, 4) is 0 Å². The van der Waals surface area contributed by atoms with Gasteiger partial charge in [-0.05, 0) is 83.5 Å². The maximum absolute atomic E-state index is 12.7. The average Bonchev–Trinajstić information content (AvgIpc) is 3.10. The van der Waals surface area contributed by atoms with Crippen LogP contribution in [0.4, 0.5) is 0 Å². The fourth-order valence-electron chi connectivity index (χ4n) is 6.15. The number of carboxylic acids is 1. The van der Waals surface area contributed by atoms with Crippen molar-refractivity contribution in [3.05, 3.63) is 60.8 Å². The summed E-state index contributed by atoms with van der Waals surface area (Å²) in [5.74, 6) is -0.686. The third-order valence-electron chi connectivity index (χ3n) is 9.25. The van der Waals surface area contributed by atoms with Gasteiger partial charge in [-0.3, -0.25) is 9.59 Å². The van der Waals surface area contributed by atoms with Crippen LogP contribution in [0.5, 0.6) is 0 Å². The van der Waals surface area contributed by atoms with Gasteiger partial charge in [-0.1, -0.05) is 177 Å². The molecule has 0 heterocycles. The molecule has 288 valence electrons. The van der Waals surface area contributed by atoms with Crippen LogP contribution in [0.3, 0.4) is 0 Å². The number of unbranched alkanes of at least 4 members (excludes halogenated alkanes) is 19. The van der Waals surface area contributed by atoms with Crippen LogP contribution in [0.15, 0.2) is 60.8 Å². The zero-order valence-electron chi connectivity index (χ0n) is 32.9. The Bertz CT molecular complexity index is 881. The molecule has 0 fully saturated rings. The minimum absolute atomic E-state index is 0.00290. The smallest absolute Gasteiger partial charge is 0.306 e. The number of carbonyl (C=O) groups is 2. The second kappa shape index (κ2) is 41.1. The van der Waals surface area contributed by atoms with Gasteiger partial charge in [-0.25, -0.2) is 0 Å². The van der Waals surface area contributed by atoms with Crippen LogP contribution in [0.1, 0.15) is 213 Å². The Kier molecular flexibility index (Phi) is 39.1. The number of carboxylic acid groups (broad SMARTS) is 1. The molecule has 0 rings (SSSR count). The lowest BCUT2D eigenvalue weighted by Crippen LogP contribution is -2.18. The maximum atomic E-state index is 12.7. The third kappa shape index (κ3) is 40.1. The van der Waals surface area contributed by atoms with E-state index < -0.39 is 5.97 Å². The number of esters is 1. The first kappa shape index (κ1) is 47.6. The van der Waals surface area contributed by atoms with Crippen molar-refractivity contribution in [1.82, 2.24) is 0 Å². The number of hydrogen-bond acceptors (Lipinski definition) is 3. The molecule has 1 atom stereocenters. The van der Waals surface area contributed by atoms with Crippen molar-refractivity contribution in [3.63, 3.8) is 0 Å². The van der Waals surface area contributed by atoms with Gasteiger partial charge in [0.05, 0.1) is 0 Å². The predicted octanol–water partition coefficient (Wildman–Crippen LogP) is 14.9. The minimum atomic E-state index is -0.689. The van der Waals surface area contributed by atoms with Crippen LogP contribution >= 0.6 is 0 Å². The first-order chi connectivity index (χ1) is 24.6. The Balaban J connectivity index is 4.04. The van der Waals surface area contributed by atoms with Gasteiger partial charge in [0.25, 0.3) is 0 Å². The molecule has 50 heavy (non-hydrogen) atoms. The number of ether oxygens (including phenoxy) is 1. The molecule has 0 aromatic carbocycles. The highest BCUT2D eigenvalue weighted by atomic mass is 16.5. The Morgan fingerprint density at radius 3 is 1.30 bits per heavy atom. The summed E-state index contributed by atoms with van der Waals surface area (Å²) in [5.41, 5.74) is 0. The second-order valence-electron chi connectivity index (χ2n) is 14.2. The van der Waals surface area contributed by atoms with Gasteiger partial charge in [0.1, 0.15) is 6.10 Å². The van der Waals surface area contributed by atoms with Gasteiger partial charge in [-0.15, -0.1) is 0 Å². The lowest BCUT2D eigenvalue weighted by Gasteiger charge is -2.18. The van der Waals surface area contributed by atoms with Crippen molar-refractivity contribution in [2.75, 3.05) is 0 Å². The van der Waals surface area contributed by atoms with Gasteiger partial charge >= 0.3 is 11.9 Å². The molecule has 1 unspecified atom stereocenters. The van der Waals surface area contributed by atoms with Gasteiger partial charge < -0.3 is 9.84 Å². The number of carbonyl (C=O) groups excluding carboxylic acids is 1. The molecule has 1 N–H and O–H groups in total. The molecule has 4 nitrogen and oxygen atoms in total. The van der Waals surface area contributed by atoms with Crippen LogP contribution in [0.25, 0.3) is 0 Å². The standard InChI is InChI=1S/C46H80O4/c1-3-5-7-9-11-13-14-15-16-17-18-19-20-21-22-23-24-26-31-35-39-43-46(49)50-44(40-36-32-28-25-12-10-8-6-4-2)41-37-33-29-27-30-34-38-42-45(47)48/h5,7,11,13,15-16,18-19,21-22,44H,3-4,6,8-10,12,14,17,20,23-43H2,1-2H3,(H,47,48)/b7-5-,13-11-,16-15-,19-18-,22-21-. The van der Waals surface area contributed by atoms with Crippen LogP contribution < -0.4 is 0 Å². The first-order valence-electron chi connectivity index (χ1n) is 21.3. The molecule has 0 aliphatic heterocycles. The molecule has 0 aromatic rings. The molecule has 0 bridgehead atoms. The van der Waals surface area contributed by atoms with Crippen molar-refractivity contribution in [2.24, 2.45) is 0 Å². The van der Waals surface area contributed by atoms with Crippen LogP contribution in [-0.2, 0) is 14.3 Å². The van der Waals surface area contributed by atoms with Gasteiger partial charge in [0.2, 0.25) is 0 Å². The Labute approximate surface area is 310 Å². The minimum Gasteiger partial charge on any atom is -0.481 e. The molecular formula is C46H80O4. The van der Waals surface area contributed by atoms with E-state index in [1.807, 2.05) is 0 Å². The molecule has 0 aliphatic carbocycles. The summed E-state index contributed by atoms with van der Waals surface area (Å²) in [6.45, 7) is 4.43. The molecule has 0 amide bonds. The molecule has 0 saturated carbocycles. The van der Waals surface area contributed by atoms with E-state index in [4.69, 9.17) is 9.84 Å². The highest BCUT2D eigenvalue weighted by Crippen LogP contribution is 2.19.